The molecule has 0 aliphatic heterocycles. The predicted octanol–water partition coefficient (Wildman–Crippen LogP) is 4.90. The topological polar surface area (TPSA) is 58.0 Å². The minimum Gasteiger partial charge on any atom is -0.489 e. The van der Waals surface area contributed by atoms with Gasteiger partial charge in [-0.3, -0.25) is 5.41 Å². The maximum absolute atomic E-state index is 8.61. The summed E-state index contributed by atoms with van der Waals surface area (Å²) in [6, 6.07) is 21.7. The highest BCUT2D eigenvalue weighted by Gasteiger charge is 2.12. The summed E-state index contributed by atoms with van der Waals surface area (Å²) in [6.07, 6.45) is 1.74. The van der Waals surface area contributed by atoms with Crippen molar-refractivity contribution in [1.82, 2.24) is 4.98 Å². The van der Waals surface area contributed by atoms with E-state index in [2.05, 4.69) is 24.1 Å². The minimum atomic E-state index is 0.247. The SMILES string of the molecule is CC(C)Nc1ncccc1C(=N)c1cccc(OCc2ccccc2)c1. The molecule has 0 aliphatic rings. The summed E-state index contributed by atoms with van der Waals surface area (Å²) in [5.74, 6) is 1.47. The fraction of sp³-hybridized carbons (Fsp3) is 0.182. The van der Waals surface area contributed by atoms with Crippen molar-refractivity contribution >= 4 is 11.5 Å². The van der Waals surface area contributed by atoms with Crippen molar-refractivity contribution in [2.24, 2.45) is 0 Å². The zero-order valence-corrected chi connectivity index (χ0v) is 15.1. The number of aromatic nitrogens is 1. The minimum absolute atomic E-state index is 0.247. The van der Waals surface area contributed by atoms with E-state index in [-0.39, 0.29) is 6.04 Å². The van der Waals surface area contributed by atoms with Crippen LogP contribution in [0.3, 0.4) is 0 Å². The first-order chi connectivity index (χ1) is 12.6. The Hall–Kier alpha value is -3.14. The number of nitrogens with zero attached hydrogens (tertiary/aromatic N) is 1. The molecule has 0 fully saturated rings. The molecule has 132 valence electrons. The van der Waals surface area contributed by atoms with Gasteiger partial charge < -0.3 is 10.1 Å². The Balaban J connectivity index is 1.78. The third-order valence-corrected chi connectivity index (χ3v) is 3.87. The van der Waals surface area contributed by atoms with E-state index in [1.54, 1.807) is 6.20 Å². The molecule has 2 N–H and O–H groups in total. The van der Waals surface area contributed by atoms with Crippen molar-refractivity contribution in [3.8, 4) is 5.75 Å². The van der Waals surface area contributed by atoms with E-state index in [0.717, 1.165) is 28.3 Å². The number of anilines is 1. The molecule has 4 heteroatoms. The third-order valence-electron chi connectivity index (χ3n) is 3.87. The van der Waals surface area contributed by atoms with E-state index in [0.29, 0.717) is 12.3 Å². The summed E-state index contributed by atoms with van der Waals surface area (Å²) < 4.78 is 5.89. The lowest BCUT2D eigenvalue weighted by Gasteiger charge is -2.15. The molecule has 0 amide bonds. The zero-order chi connectivity index (χ0) is 18.4. The molecule has 0 unspecified atom stereocenters. The average molecular weight is 345 g/mol. The van der Waals surface area contributed by atoms with Crippen LogP contribution in [0.15, 0.2) is 72.9 Å². The quantitative estimate of drug-likeness (QED) is 0.599. The van der Waals surface area contributed by atoms with E-state index in [1.807, 2.05) is 66.7 Å². The fourth-order valence-electron chi connectivity index (χ4n) is 2.63. The van der Waals surface area contributed by atoms with Crippen LogP contribution in [0.2, 0.25) is 0 Å². The van der Waals surface area contributed by atoms with E-state index >= 15 is 0 Å². The van der Waals surface area contributed by atoms with Crippen molar-refractivity contribution < 1.29 is 4.74 Å². The Morgan fingerprint density at radius 2 is 1.85 bits per heavy atom. The summed E-state index contributed by atoms with van der Waals surface area (Å²) in [4.78, 5) is 4.38. The van der Waals surface area contributed by atoms with Crippen LogP contribution in [0.4, 0.5) is 5.82 Å². The van der Waals surface area contributed by atoms with Crippen LogP contribution in [0.1, 0.15) is 30.5 Å². The van der Waals surface area contributed by atoms with Gasteiger partial charge in [-0.15, -0.1) is 0 Å². The fourth-order valence-corrected chi connectivity index (χ4v) is 2.63. The van der Waals surface area contributed by atoms with E-state index in [4.69, 9.17) is 10.1 Å². The van der Waals surface area contributed by atoms with Gasteiger partial charge in [0, 0.05) is 23.4 Å². The van der Waals surface area contributed by atoms with Gasteiger partial charge in [-0.2, -0.15) is 0 Å². The molecule has 4 nitrogen and oxygen atoms in total. The molecule has 1 aromatic heterocycles. The van der Waals surface area contributed by atoms with Crippen molar-refractivity contribution in [2.45, 2.75) is 26.5 Å². The van der Waals surface area contributed by atoms with Crippen molar-refractivity contribution in [3.05, 3.63) is 89.6 Å². The number of pyridine rings is 1. The summed E-state index contributed by atoms with van der Waals surface area (Å²) in [6.45, 7) is 4.62. The van der Waals surface area contributed by atoms with Crippen molar-refractivity contribution in [3.63, 3.8) is 0 Å². The van der Waals surface area contributed by atoms with Crippen LogP contribution in [0.5, 0.6) is 5.75 Å². The molecular weight excluding hydrogens is 322 g/mol. The third kappa shape index (κ3) is 4.48. The van der Waals surface area contributed by atoms with Crippen LogP contribution < -0.4 is 10.1 Å². The molecule has 3 aromatic rings. The van der Waals surface area contributed by atoms with Gasteiger partial charge in [-0.1, -0.05) is 42.5 Å². The van der Waals surface area contributed by atoms with Crippen LogP contribution in [-0.4, -0.2) is 16.7 Å². The second-order valence-corrected chi connectivity index (χ2v) is 6.38. The molecule has 1 heterocycles. The number of nitrogens with one attached hydrogen (secondary N) is 2. The van der Waals surface area contributed by atoms with Crippen LogP contribution in [-0.2, 0) is 6.61 Å². The monoisotopic (exact) mass is 345 g/mol. The van der Waals surface area contributed by atoms with Crippen LogP contribution in [0, 0.1) is 5.41 Å². The lowest BCUT2D eigenvalue weighted by atomic mass is 10.0. The van der Waals surface area contributed by atoms with Gasteiger partial charge in [0.1, 0.15) is 18.2 Å². The van der Waals surface area contributed by atoms with Crippen molar-refractivity contribution in [2.75, 3.05) is 5.32 Å². The molecule has 0 radical (unpaired) electrons. The zero-order valence-electron chi connectivity index (χ0n) is 15.1. The first kappa shape index (κ1) is 17.7. The number of ether oxygens (including phenoxy) is 1. The maximum Gasteiger partial charge on any atom is 0.135 e. The Bertz CT molecular complexity index is 875. The molecule has 0 atom stereocenters. The smallest absolute Gasteiger partial charge is 0.135 e. The lowest BCUT2D eigenvalue weighted by Crippen LogP contribution is -2.15. The van der Waals surface area contributed by atoms with Gasteiger partial charge >= 0.3 is 0 Å². The van der Waals surface area contributed by atoms with Gasteiger partial charge in [0.05, 0.1) is 5.71 Å². The predicted molar refractivity (Wildman–Crippen MR) is 106 cm³/mol. The van der Waals surface area contributed by atoms with Crippen LogP contribution in [0.25, 0.3) is 0 Å². The highest BCUT2D eigenvalue weighted by atomic mass is 16.5. The van der Waals surface area contributed by atoms with E-state index in [9.17, 15) is 0 Å². The molecule has 0 aliphatic carbocycles. The van der Waals surface area contributed by atoms with Gasteiger partial charge in [-0.05, 0) is 43.7 Å². The van der Waals surface area contributed by atoms with E-state index in [1.165, 1.54) is 0 Å². The summed E-state index contributed by atoms with van der Waals surface area (Å²) in [7, 11) is 0. The summed E-state index contributed by atoms with van der Waals surface area (Å²) in [5, 5.41) is 11.9. The second-order valence-electron chi connectivity index (χ2n) is 6.38. The normalized spacial score (nSPS) is 10.6. The molecular formula is C22H23N3O. The van der Waals surface area contributed by atoms with Crippen molar-refractivity contribution in [1.29, 1.82) is 5.41 Å². The van der Waals surface area contributed by atoms with Gasteiger partial charge in [-0.25, -0.2) is 4.98 Å². The second kappa shape index (κ2) is 8.30. The van der Waals surface area contributed by atoms with Crippen LogP contribution >= 0.6 is 0 Å². The Kier molecular flexibility index (Phi) is 5.64. The lowest BCUT2D eigenvalue weighted by molar-refractivity contribution is 0.306. The number of benzene rings is 2. The first-order valence-electron chi connectivity index (χ1n) is 8.71. The van der Waals surface area contributed by atoms with Gasteiger partial charge in [0.2, 0.25) is 0 Å². The largest absolute Gasteiger partial charge is 0.489 e. The summed E-state index contributed by atoms with van der Waals surface area (Å²) in [5.41, 5.74) is 3.12. The average Bonchev–Trinajstić information content (AvgIpc) is 2.67. The Morgan fingerprint density at radius 3 is 2.62 bits per heavy atom. The number of hydrogen-bond donors (Lipinski definition) is 2. The Morgan fingerprint density at radius 1 is 1.04 bits per heavy atom. The molecule has 3 rings (SSSR count). The molecule has 0 saturated heterocycles. The highest BCUT2D eigenvalue weighted by Crippen LogP contribution is 2.21. The molecule has 2 aromatic carbocycles. The first-order valence-corrected chi connectivity index (χ1v) is 8.71. The van der Waals surface area contributed by atoms with Gasteiger partial charge in [0.25, 0.3) is 0 Å². The van der Waals surface area contributed by atoms with E-state index < -0.39 is 0 Å². The Labute approximate surface area is 154 Å². The molecule has 0 spiro atoms. The molecule has 26 heavy (non-hydrogen) atoms. The maximum atomic E-state index is 8.61. The standard InChI is InChI=1S/C22H23N3O/c1-16(2)25-22-20(12-7-13-24-22)21(23)18-10-6-11-19(14-18)26-15-17-8-4-3-5-9-17/h3-14,16,23H,15H2,1-2H3,(H,24,25). The highest BCUT2D eigenvalue weighted by molar-refractivity contribution is 6.13. The summed E-state index contributed by atoms with van der Waals surface area (Å²) >= 11 is 0. The number of rotatable bonds is 7. The van der Waals surface area contributed by atoms with Gasteiger partial charge in [0.15, 0.2) is 0 Å². The number of hydrogen-bond acceptors (Lipinski definition) is 4. The molecule has 0 saturated carbocycles. The molecule has 0 bridgehead atoms.